The molecular formula is C15H13FN2O2S. The molecule has 0 aliphatic heterocycles. The first kappa shape index (κ1) is 14.9. The van der Waals surface area contributed by atoms with Gasteiger partial charge < -0.3 is 5.73 Å². The normalized spacial score (nSPS) is 12.7. The average molecular weight is 304 g/mol. The molecule has 0 atom stereocenters. The van der Waals surface area contributed by atoms with Crippen LogP contribution in [0.5, 0.6) is 0 Å². The van der Waals surface area contributed by atoms with Crippen molar-refractivity contribution in [1.29, 1.82) is 0 Å². The Morgan fingerprint density at radius 1 is 1.05 bits per heavy atom. The van der Waals surface area contributed by atoms with Crippen LogP contribution in [0.3, 0.4) is 0 Å². The first-order valence-electron chi connectivity index (χ1n) is 6.06. The van der Waals surface area contributed by atoms with Gasteiger partial charge >= 0.3 is 0 Å². The van der Waals surface area contributed by atoms with Crippen molar-refractivity contribution in [2.75, 3.05) is 0 Å². The van der Waals surface area contributed by atoms with Gasteiger partial charge in [-0.3, -0.25) is 0 Å². The summed E-state index contributed by atoms with van der Waals surface area (Å²) in [5.74, 6) is -0.627. The summed E-state index contributed by atoms with van der Waals surface area (Å²) in [5.41, 5.74) is 6.30. The van der Waals surface area contributed by atoms with Gasteiger partial charge in [0.15, 0.2) is 0 Å². The Kier molecular flexibility index (Phi) is 4.49. The Labute approximate surface area is 122 Å². The lowest BCUT2D eigenvalue weighted by molar-refractivity contribution is 0.606. The van der Waals surface area contributed by atoms with Crippen molar-refractivity contribution in [2.24, 2.45) is 10.1 Å². The zero-order chi connectivity index (χ0) is 15.3. The molecule has 0 saturated carbocycles. The number of benzene rings is 2. The van der Waals surface area contributed by atoms with Gasteiger partial charge in [-0.2, -0.15) is 8.42 Å². The number of hydrogen-bond acceptors (Lipinski definition) is 2. The molecule has 21 heavy (non-hydrogen) atoms. The van der Waals surface area contributed by atoms with Crippen molar-refractivity contribution in [3.63, 3.8) is 0 Å². The number of nitrogens with two attached hydrogens (primary N) is 1. The average Bonchev–Trinajstić information content (AvgIpc) is 2.47. The summed E-state index contributed by atoms with van der Waals surface area (Å²) < 4.78 is 40.5. The number of rotatable bonds is 4. The van der Waals surface area contributed by atoms with E-state index in [0.717, 1.165) is 11.5 Å². The molecule has 0 aliphatic rings. The Balaban J connectivity index is 2.25. The van der Waals surface area contributed by atoms with Crippen molar-refractivity contribution in [2.45, 2.75) is 0 Å². The van der Waals surface area contributed by atoms with Gasteiger partial charge in [0.05, 0.1) is 5.41 Å². The third kappa shape index (κ3) is 4.25. The summed E-state index contributed by atoms with van der Waals surface area (Å²) >= 11 is 0. The van der Waals surface area contributed by atoms with Crippen molar-refractivity contribution in [1.82, 2.24) is 0 Å². The summed E-state index contributed by atoms with van der Waals surface area (Å²) in [6.45, 7) is 0. The van der Waals surface area contributed by atoms with Gasteiger partial charge in [-0.1, -0.05) is 48.5 Å². The van der Waals surface area contributed by atoms with Crippen LogP contribution in [0.15, 0.2) is 64.4 Å². The zero-order valence-electron chi connectivity index (χ0n) is 11.0. The molecule has 0 bridgehead atoms. The summed E-state index contributed by atoms with van der Waals surface area (Å²) in [7, 11) is -3.93. The number of halogens is 1. The van der Waals surface area contributed by atoms with E-state index in [0.29, 0.717) is 5.56 Å². The second kappa shape index (κ2) is 6.32. The summed E-state index contributed by atoms with van der Waals surface area (Å²) in [6, 6.07) is 14.4. The van der Waals surface area contributed by atoms with E-state index in [2.05, 4.69) is 4.40 Å². The topological polar surface area (TPSA) is 72.5 Å². The molecule has 0 amide bonds. The fourth-order valence-corrected chi connectivity index (χ4v) is 2.36. The monoisotopic (exact) mass is 304 g/mol. The highest BCUT2D eigenvalue weighted by atomic mass is 32.2. The maximum absolute atomic E-state index is 13.4. The zero-order valence-corrected chi connectivity index (χ0v) is 11.8. The summed E-state index contributed by atoms with van der Waals surface area (Å²) in [6.07, 6.45) is 1.15. The predicted octanol–water partition coefficient (Wildman–Crippen LogP) is 2.53. The van der Waals surface area contributed by atoms with E-state index in [4.69, 9.17) is 5.73 Å². The summed E-state index contributed by atoms with van der Waals surface area (Å²) in [4.78, 5) is 0. The van der Waals surface area contributed by atoms with Gasteiger partial charge in [0.1, 0.15) is 11.7 Å². The molecule has 2 N–H and O–H groups in total. The van der Waals surface area contributed by atoms with Crippen molar-refractivity contribution in [3.05, 3.63) is 76.9 Å². The largest absolute Gasteiger partial charge is 0.383 e. The standard InChI is InChI=1S/C15H13FN2O2S/c16-14-9-5-4-6-12(14)10-11-21(19,20)18-15(17)13-7-2-1-3-8-13/h1-11H,(H2,17,18). The van der Waals surface area contributed by atoms with Crippen LogP contribution in [0.1, 0.15) is 11.1 Å². The fourth-order valence-electron chi connectivity index (χ4n) is 1.60. The molecule has 0 aromatic heterocycles. The highest BCUT2D eigenvalue weighted by Gasteiger charge is 2.06. The van der Waals surface area contributed by atoms with Crippen molar-refractivity contribution < 1.29 is 12.8 Å². The fraction of sp³-hybridized carbons (Fsp3) is 0. The van der Waals surface area contributed by atoms with Gasteiger partial charge in [-0.05, 0) is 12.1 Å². The number of amidine groups is 1. The quantitative estimate of drug-likeness (QED) is 0.697. The molecule has 0 spiro atoms. The second-order valence-electron chi connectivity index (χ2n) is 4.18. The van der Waals surface area contributed by atoms with Crippen LogP contribution in [-0.2, 0) is 10.0 Å². The second-order valence-corrected chi connectivity index (χ2v) is 5.67. The van der Waals surface area contributed by atoms with Gasteiger partial charge in [-0.25, -0.2) is 4.39 Å². The Bertz CT molecular complexity index is 784. The van der Waals surface area contributed by atoms with E-state index in [9.17, 15) is 12.8 Å². The minimum absolute atomic E-state index is 0.117. The Morgan fingerprint density at radius 3 is 2.33 bits per heavy atom. The molecule has 2 rings (SSSR count). The first-order valence-corrected chi connectivity index (χ1v) is 7.57. The molecule has 0 unspecified atom stereocenters. The van der Waals surface area contributed by atoms with Crippen LogP contribution in [0.4, 0.5) is 4.39 Å². The lowest BCUT2D eigenvalue weighted by atomic mass is 10.2. The molecule has 0 aliphatic carbocycles. The van der Waals surface area contributed by atoms with Gasteiger partial charge in [0.25, 0.3) is 10.0 Å². The smallest absolute Gasteiger partial charge is 0.277 e. The maximum atomic E-state index is 13.4. The molecule has 0 fully saturated rings. The molecule has 4 nitrogen and oxygen atoms in total. The summed E-state index contributed by atoms with van der Waals surface area (Å²) in [5, 5.41) is 0.821. The number of nitrogens with zero attached hydrogens (tertiary/aromatic N) is 1. The van der Waals surface area contributed by atoms with Gasteiger partial charge in [0, 0.05) is 11.1 Å². The highest BCUT2D eigenvalue weighted by Crippen LogP contribution is 2.10. The van der Waals surface area contributed by atoms with Crippen LogP contribution < -0.4 is 5.73 Å². The van der Waals surface area contributed by atoms with Crippen LogP contribution >= 0.6 is 0 Å². The minimum Gasteiger partial charge on any atom is -0.383 e. The molecule has 6 heteroatoms. The Morgan fingerprint density at radius 2 is 1.67 bits per heavy atom. The van der Waals surface area contributed by atoms with E-state index >= 15 is 0 Å². The van der Waals surface area contributed by atoms with Crippen LogP contribution in [0.2, 0.25) is 0 Å². The third-order valence-corrected chi connectivity index (χ3v) is 3.55. The molecule has 108 valence electrons. The van der Waals surface area contributed by atoms with Gasteiger partial charge in [-0.15, -0.1) is 4.40 Å². The molecule has 0 radical (unpaired) electrons. The molecule has 0 heterocycles. The van der Waals surface area contributed by atoms with Crippen LogP contribution in [0.25, 0.3) is 6.08 Å². The lowest BCUT2D eigenvalue weighted by Crippen LogP contribution is -2.15. The SMILES string of the molecule is NC(=NS(=O)(=O)C=Cc1ccccc1F)c1ccccc1. The van der Waals surface area contributed by atoms with E-state index in [1.54, 1.807) is 36.4 Å². The molecule has 2 aromatic rings. The molecular weight excluding hydrogens is 291 g/mol. The maximum Gasteiger partial charge on any atom is 0.277 e. The first-order chi connectivity index (χ1) is 9.98. The third-order valence-electron chi connectivity index (χ3n) is 2.62. The van der Waals surface area contributed by atoms with Crippen molar-refractivity contribution in [3.8, 4) is 0 Å². The van der Waals surface area contributed by atoms with Gasteiger partial charge in [0.2, 0.25) is 0 Å². The van der Waals surface area contributed by atoms with E-state index in [1.807, 2.05) is 0 Å². The van der Waals surface area contributed by atoms with Crippen molar-refractivity contribution >= 4 is 21.9 Å². The minimum atomic E-state index is -3.93. The predicted molar refractivity (Wildman–Crippen MR) is 81.5 cm³/mol. The van der Waals surface area contributed by atoms with Crippen LogP contribution in [0, 0.1) is 5.82 Å². The van der Waals surface area contributed by atoms with E-state index < -0.39 is 15.8 Å². The van der Waals surface area contributed by atoms with Crippen LogP contribution in [-0.4, -0.2) is 14.3 Å². The molecule has 2 aromatic carbocycles. The van der Waals surface area contributed by atoms with E-state index in [-0.39, 0.29) is 11.4 Å². The number of sulfonamides is 1. The van der Waals surface area contributed by atoms with E-state index in [1.165, 1.54) is 18.2 Å². The lowest BCUT2D eigenvalue weighted by Gasteiger charge is -1.99. The Hall–Kier alpha value is -2.47. The highest BCUT2D eigenvalue weighted by molar-refractivity contribution is 7.93. The number of hydrogen-bond donors (Lipinski definition) is 1. The molecule has 0 saturated heterocycles.